The highest BCUT2D eigenvalue weighted by Crippen LogP contribution is 2.22. The van der Waals surface area contributed by atoms with Crippen molar-refractivity contribution in [3.05, 3.63) is 71.9 Å². The molecule has 134 valence electrons. The molecule has 1 amide bonds. The average Bonchev–Trinajstić information content (AvgIpc) is 3.08. The van der Waals surface area contributed by atoms with Gasteiger partial charge in [-0.1, -0.05) is 56.3 Å². The number of hydrogen-bond donors (Lipinski definition) is 1. The molecule has 0 saturated heterocycles. The van der Waals surface area contributed by atoms with Crippen molar-refractivity contribution in [1.29, 1.82) is 0 Å². The number of aryl methyl sites for hydroxylation is 1. The monoisotopic (exact) mass is 347 g/mol. The summed E-state index contributed by atoms with van der Waals surface area (Å²) in [7, 11) is 0. The van der Waals surface area contributed by atoms with Crippen molar-refractivity contribution in [1.82, 2.24) is 15.1 Å². The summed E-state index contributed by atoms with van der Waals surface area (Å²) in [5.74, 6) is 0.255. The summed E-state index contributed by atoms with van der Waals surface area (Å²) < 4.78 is 1.73. The Morgan fingerprint density at radius 3 is 2.38 bits per heavy atom. The summed E-state index contributed by atoms with van der Waals surface area (Å²) in [6.07, 6.45) is 0. The molecule has 4 heteroatoms. The minimum Gasteiger partial charge on any atom is -0.348 e. The largest absolute Gasteiger partial charge is 0.348 e. The number of hydrogen-bond acceptors (Lipinski definition) is 2. The van der Waals surface area contributed by atoms with Crippen LogP contribution < -0.4 is 5.32 Å². The molecule has 0 radical (unpaired) electrons. The number of nitrogens with zero attached hydrogens (tertiary/aromatic N) is 2. The molecule has 3 rings (SSSR count). The average molecular weight is 347 g/mol. The van der Waals surface area contributed by atoms with E-state index in [9.17, 15) is 4.79 Å². The topological polar surface area (TPSA) is 46.9 Å². The van der Waals surface area contributed by atoms with Gasteiger partial charge < -0.3 is 5.32 Å². The lowest BCUT2D eigenvalue weighted by molar-refractivity contribution is 0.0922. The molecule has 0 saturated carbocycles. The summed E-state index contributed by atoms with van der Waals surface area (Å²) in [5, 5.41) is 7.81. The Bertz CT molecular complexity index is 897. The predicted octanol–water partition coefficient (Wildman–Crippen LogP) is 4.62. The second-order valence-corrected chi connectivity index (χ2v) is 7.04. The Hall–Kier alpha value is -2.88. The number of aromatic nitrogens is 2. The highest BCUT2D eigenvalue weighted by atomic mass is 16.2. The lowest BCUT2D eigenvalue weighted by Gasteiger charge is -2.17. The van der Waals surface area contributed by atoms with Crippen molar-refractivity contribution in [2.45, 2.75) is 33.7 Å². The maximum absolute atomic E-state index is 12.9. The summed E-state index contributed by atoms with van der Waals surface area (Å²) in [6, 6.07) is 19.9. The lowest BCUT2D eigenvalue weighted by Crippen LogP contribution is -2.37. The van der Waals surface area contributed by atoms with E-state index in [0.717, 1.165) is 22.5 Å². The number of nitrogens with one attached hydrogen (secondary N) is 1. The highest BCUT2D eigenvalue weighted by Gasteiger charge is 2.20. The third-order valence-electron chi connectivity index (χ3n) is 4.62. The van der Waals surface area contributed by atoms with Gasteiger partial charge in [0.1, 0.15) is 5.69 Å². The third kappa shape index (κ3) is 3.85. The Morgan fingerprint density at radius 1 is 1.00 bits per heavy atom. The molecular formula is C22H25N3O. The van der Waals surface area contributed by atoms with Crippen LogP contribution in [-0.4, -0.2) is 21.7 Å². The van der Waals surface area contributed by atoms with Gasteiger partial charge in [0.05, 0.1) is 11.4 Å². The fourth-order valence-corrected chi connectivity index (χ4v) is 2.70. The first-order valence-electron chi connectivity index (χ1n) is 8.99. The van der Waals surface area contributed by atoms with Crippen LogP contribution in [0.1, 0.15) is 36.8 Å². The van der Waals surface area contributed by atoms with Crippen LogP contribution in [0.15, 0.2) is 60.7 Å². The SMILES string of the molecule is Cc1cccc(-n2nc(-c3ccccc3)cc2C(=O)NC(C)C(C)C)c1. The zero-order valence-corrected chi connectivity index (χ0v) is 15.7. The van der Waals surface area contributed by atoms with Crippen molar-refractivity contribution in [3.63, 3.8) is 0 Å². The minimum atomic E-state index is -0.109. The molecule has 0 aliphatic carbocycles. The number of carbonyl (C=O) groups excluding carboxylic acids is 1. The Kier molecular flexibility index (Phi) is 5.21. The fraction of sp³-hybridized carbons (Fsp3) is 0.273. The van der Waals surface area contributed by atoms with Crippen molar-refractivity contribution < 1.29 is 4.79 Å². The van der Waals surface area contributed by atoms with Gasteiger partial charge in [-0.15, -0.1) is 0 Å². The molecule has 1 unspecified atom stereocenters. The van der Waals surface area contributed by atoms with Crippen LogP contribution >= 0.6 is 0 Å². The molecule has 26 heavy (non-hydrogen) atoms. The summed E-state index contributed by atoms with van der Waals surface area (Å²) >= 11 is 0. The normalized spacial score (nSPS) is 12.2. The predicted molar refractivity (Wildman–Crippen MR) is 106 cm³/mol. The van der Waals surface area contributed by atoms with E-state index in [-0.39, 0.29) is 11.9 Å². The van der Waals surface area contributed by atoms with Crippen molar-refractivity contribution in [2.75, 3.05) is 0 Å². The van der Waals surface area contributed by atoms with Crippen LogP contribution in [-0.2, 0) is 0 Å². The van der Waals surface area contributed by atoms with Crippen molar-refractivity contribution in [3.8, 4) is 16.9 Å². The molecule has 3 aromatic rings. The van der Waals surface area contributed by atoms with Crippen molar-refractivity contribution in [2.24, 2.45) is 5.92 Å². The van der Waals surface area contributed by atoms with E-state index in [1.165, 1.54) is 0 Å². The van der Waals surface area contributed by atoms with E-state index in [1.54, 1.807) is 4.68 Å². The standard InChI is InChI=1S/C22H25N3O/c1-15(2)17(4)23-22(26)21-14-20(18-10-6-5-7-11-18)24-25(21)19-12-8-9-16(3)13-19/h5-15,17H,1-4H3,(H,23,26). The summed E-state index contributed by atoms with van der Waals surface area (Å²) in [6.45, 7) is 8.25. The van der Waals surface area contributed by atoms with Gasteiger partial charge in [0.2, 0.25) is 0 Å². The smallest absolute Gasteiger partial charge is 0.270 e. The van der Waals surface area contributed by atoms with Crippen LogP contribution in [0, 0.1) is 12.8 Å². The third-order valence-corrected chi connectivity index (χ3v) is 4.62. The van der Waals surface area contributed by atoms with Crippen LogP contribution in [0.3, 0.4) is 0 Å². The van der Waals surface area contributed by atoms with Gasteiger partial charge in [-0.2, -0.15) is 5.10 Å². The molecule has 0 aliphatic rings. The van der Waals surface area contributed by atoms with Gasteiger partial charge in [0.15, 0.2) is 0 Å². The quantitative estimate of drug-likeness (QED) is 0.732. The molecule has 0 spiro atoms. The van der Waals surface area contributed by atoms with Crippen LogP contribution in [0.5, 0.6) is 0 Å². The van der Waals surface area contributed by atoms with E-state index < -0.39 is 0 Å². The molecule has 1 N–H and O–H groups in total. The maximum Gasteiger partial charge on any atom is 0.270 e. The van der Waals surface area contributed by atoms with E-state index in [2.05, 4.69) is 19.2 Å². The Morgan fingerprint density at radius 2 is 1.73 bits per heavy atom. The summed E-state index contributed by atoms with van der Waals surface area (Å²) in [5.41, 5.74) is 4.33. The fourth-order valence-electron chi connectivity index (χ4n) is 2.70. The number of carbonyl (C=O) groups is 1. The van der Waals surface area contributed by atoms with Crippen LogP contribution in [0.2, 0.25) is 0 Å². The van der Waals surface area contributed by atoms with Gasteiger partial charge >= 0.3 is 0 Å². The number of amides is 1. The van der Waals surface area contributed by atoms with E-state index >= 15 is 0 Å². The van der Waals surface area contributed by atoms with Gasteiger partial charge in [0, 0.05) is 11.6 Å². The van der Waals surface area contributed by atoms with E-state index in [1.807, 2.05) is 74.5 Å². The zero-order valence-electron chi connectivity index (χ0n) is 15.7. The van der Waals surface area contributed by atoms with Crippen LogP contribution in [0.25, 0.3) is 16.9 Å². The molecule has 1 atom stereocenters. The molecule has 0 aliphatic heterocycles. The molecule has 2 aromatic carbocycles. The first-order chi connectivity index (χ1) is 12.5. The van der Waals surface area contributed by atoms with E-state index in [4.69, 9.17) is 5.10 Å². The van der Waals surface area contributed by atoms with Gasteiger partial charge in [-0.05, 0) is 43.5 Å². The molecule has 0 fully saturated rings. The molecule has 1 heterocycles. The summed E-state index contributed by atoms with van der Waals surface area (Å²) in [4.78, 5) is 12.9. The van der Waals surface area contributed by atoms with E-state index in [0.29, 0.717) is 11.6 Å². The van der Waals surface area contributed by atoms with Gasteiger partial charge in [-0.3, -0.25) is 4.79 Å². The highest BCUT2D eigenvalue weighted by molar-refractivity contribution is 5.94. The molecular weight excluding hydrogens is 322 g/mol. The number of rotatable bonds is 5. The Balaban J connectivity index is 2.06. The second kappa shape index (κ2) is 7.56. The lowest BCUT2D eigenvalue weighted by atomic mass is 10.1. The van der Waals surface area contributed by atoms with Gasteiger partial charge in [0.25, 0.3) is 5.91 Å². The molecule has 0 bridgehead atoms. The zero-order chi connectivity index (χ0) is 18.7. The molecule has 1 aromatic heterocycles. The maximum atomic E-state index is 12.9. The first-order valence-corrected chi connectivity index (χ1v) is 8.99. The van der Waals surface area contributed by atoms with Gasteiger partial charge in [-0.25, -0.2) is 4.68 Å². The Labute approximate surface area is 154 Å². The second-order valence-electron chi connectivity index (χ2n) is 7.04. The van der Waals surface area contributed by atoms with Crippen LogP contribution in [0.4, 0.5) is 0 Å². The molecule has 4 nitrogen and oxygen atoms in total. The minimum absolute atomic E-state index is 0.0866. The van der Waals surface area contributed by atoms with Crippen molar-refractivity contribution >= 4 is 5.91 Å². The first kappa shape index (κ1) is 17.9. The number of benzene rings is 2.